The molecule has 2 nitrogen and oxygen atoms in total. The smallest absolute Gasteiger partial charge is 0.399 e. The number of anilines is 2. The number of benzene rings is 3. The van der Waals surface area contributed by atoms with Gasteiger partial charge in [-0.2, -0.15) is 26.3 Å². The fourth-order valence-corrected chi connectivity index (χ4v) is 2.84. The fraction of sp³-hybridized carbons (Fsp3) is 0.100. The summed E-state index contributed by atoms with van der Waals surface area (Å²) in [6.07, 6.45) is -9.14. The van der Waals surface area contributed by atoms with Gasteiger partial charge in [0.15, 0.2) is 0 Å². The molecule has 0 aromatic heterocycles. The number of rotatable bonds is 2. The first kappa shape index (κ1) is 19.6. The van der Waals surface area contributed by atoms with Gasteiger partial charge in [0.25, 0.3) is 0 Å². The molecule has 0 heterocycles. The highest BCUT2D eigenvalue weighted by Crippen LogP contribution is 2.37. The molecule has 0 radical (unpaired) electrons. The SMILES string of the molecule is Nc1cc(-c2cccc(-c3cc(N)cc(C(F)(F)F)c3)c2)cc(C(F)(F)F)c1. The third-order valence-electron chi connectivity index (χ3n) is 4.09. The summed E-state index contributed by atoms with van der Waals surface area (Å²) >= 11 is 0. The van der Waals surface area contributed by atoms with Crippen molar-refractivity contribution in [3.05, 3.63) is 71.8 Å². The topological polar surface area (TPSA) is 52.0 Å². The van der Waals surface area contributed by atoms with E-state index in [1.54, 1.807) is 12.1 Å². The van der Waals surface area contributed by atoms with Gasteiger partial charge in [0.2, 0.25) is 0 Å². The second-order valence-electron chi connectivity index (χ2n) is 6.26. The largest absolute Gasteiger partial charge is 0.416 e. The Kier molecular flexibility index (Phi) is 4.74. The van der Waals surface area contributed by atoms with Crippen LogP contribution in [0, 0.1) is 0 Å². The van der Waals surface area contributed by atoms with Crippen molar-refractivity contribution in [3.8, 4) is 22.3 Å². The van der Waals surface area contributed by atoms with Crippen LogP contribution in [-0.4, -0.2) is 0 Å². The van der Waals surface area contributed by atoms with Crippen molar-refractivity contribution in [2.24, 2.45) is 0 Å². The minimum absolute atomic E-state index is 0.0708. The number of nitrogens with two attached hydrogens (primary N) is 2. The molecule has 0 amide bonds. The number of hydrogen-bond donors (Lipinski definition) is 2. The number of halogens is 6. The van der Waals surface area contributed by atoms with Gasteiger partial charge in [-0.05, 0) is 64.7 Å². The van der Waals surface area contributed by atoms with Crippen LogP contribution in [0.1, 0.15) is 11.1 Å². The molecule has 0 saturated carbocycles. The summed E-state index contributed by atoms with van der Waals surface area (Å²) in [5.74, 6) is 0. The average molecular weight is 396 g/mol. The Bertz CT molecular complexity index is 943. The summed E-state index contributed by atoms with van der Waals surface area (Å²) in [5.41, 5.74) is 10.4. The van der Waals surface area contributed by atoms with E-state index in [2.05, 4.69) is 0 Å². The molecule has 8 heteroatoms. The minimum atomic E-state index is -4.57. The molecular formula is C20H14F6N2. The van der Waals surface area contributed by atoms with E-state index >= 15 is 0 Å². The van der Waals surface area contributed by atoms with Gasteiger partial charge in [0.1, 0.15) is 0 Å². The maximum absolute atomic E-state index is 13.0. The molecule has 0 aliphatic rings. The number of hydrogen-bond acceptors (Lipinski definition) is 2. The van der Waals surface area contributed by atoms with E-state index in [9.17, 15) is 26.3 Å². The van der Waals surface area contributed by atoms with Crippen LogP contribution in [0.15, 0.2) is 60.7 Å². The van der Waals surface area contributed by atoms with Crippen LogP contribution >= 0.6 is 0 Å². The Hall–Kier alpha value is -3.16. The zero-order valence-electron chi connectivity index (χ0n) is 14.2. The lowest BCUT2D eigenvalue weighted by Crippen LogP contribution is -2.06. The second-order valence-corrected chi connectivity index (χ2v) is 6.26. The lowest BCUT2D eigenvalue weighted by atomic mass is 9.96. The monoisotopic (exact) mass is 396 g/mol. The van der Waals surface area contributed by atoms with Gasteiger partial charge in [-0.3, -0.25) is 0 Å². The zero-order valence-corrected chi connectivity index (χ0v) is 14.2. The van der Waals surface area contributed by atoms with Crippen LogP contribution < -0.4 is 11.5 Å². The molecular weight excluding hydrogens is 382 g/mol. The standard InChI is InChI=1S/C20H14F6N2/c21-19(22,23)15-5-13(7-17(27)9-15)11-2-1-3-12(4-11)14-6-16(20(24,25)26)10-18(28)8-14/h1-10H,27-28H2. The molecule has 0 spiro atoms. The van der Waals surface area contributed by atoms with Crippen molar-refractivity contribution >= 4 is 11.4 Å². The molecule has 3 aromatic carbocycles. The van der Waals surface area contributed by atoms with Gasteiger partial charge in [-0.25, -0.2) is 0 Å². The predicted octanol–water partition coefficient (Wildman–Crippen LogP) is 6.22. The first-order valence-electron chi connectivity index (χ1n) is 8.00. The maximum Gasteiger partial charge on any atom is 0.416 e. The molecule has 0 unspecified atom stereocenters. The Morgan fingerprint density at radius 2 is 0.893 bits per heavy atom. The summed E-state index contributed by atoms with van der Waals surface area (Å²) in [5, 5.41) is 0. The van der Waals surface area contributed by atoms with E-state index in [1.165, 1.54) is 24.3 Å². The van der Waals surface area contributed by atoms with Gasteiger partial charge in [0, 0.05) is 11.4 Å². The Balaban J connectivity index is 2.10. The molecule has 3 aromatic rings. The Labute approximate surface area is 156 Å². The molecule has 146 valence electrons. The number of alkyl halides is 6. The van der Waals surface area contributed by atoms with Crippen molar-refractivity contribution < 1.29 is 26.3 Å². The lowest BCUT2D eigenvalue weighted by molar-refractivity contribution is -0.138. The molecule has 3 rings (SSSR count). The highest BCUT2D eigenvalue weighted by Gasteiger charge is 2.32. The van der Waals surface area contributed by atoms with Crippen LogP contribution in [-0.2, 0) is 12.4 Å². The molecule has 4 N–H and O–H groups in total. The summed E-state index contributed by atoms with van der Waals surface area (Å²) < 4.78 is 78.2. The van der Waals surface area contributed by atoms with E-state index in [1.807, 2.05) is 0 Å². The van der Waals surface area contributed by atoms with Gasteiger partial charge in [-0.15, -0.1) is 0 Å². The van der Waals surface area contributed by atoms with E-state index in [0.717, 1.165) is 24.3 Å². The average Bonchev–Trinajstić information content (AvgIpc) is 2.59. The van der Waals surface area contributed by atoms with E-state index < -0.39 is 23.5 Å². The third-order valence-corrected chi connectivity index (χ3v) is 4.09. The van der Waals surface area contributed by atoms with Crippen molar-refractivity contribution in [1.82, 2.24) is 0 Å². The van der Waals surface area contributed by atoms with Gasteiger partial charge in [0.05, 0.1) is 11.1 Å². The van der Waals surface area contributed by atoms with Crippen molar-refractivity contribution in [1.29, 1.82) is 0 Å². The van der Waals surface area contributed by atoms with Crippen LogP contribution in [0.4, 0.5) is 37.7 Å². The summed E-state index contributed by atoms with van der Waals surface area (Å²) in [6.45, 7) is 0. The molecule has 28 heavy (non-hydrogen) atoms. The van der Waals surface area contributed by atoms with E-state index in [0.29, 0.717) is 11.1 Å². The second kappa shape index (κ2) is 6.78. The van der Waals surface area contributed by atoms with Gasteiger partial charge >= 0.3 is 12.4 Å². The molecule has 0 atom stereocenters. The Morgan fingerprint density at radius 3 is 1.25 bits per heavy atom. The first-order valence-corrected chi connectivity index (χ1v) is 8.00. The molecule has 0 aliphatic carbocycles. The predicted molar refractivity (Wildman–Crippen MR) is 96.1 cm³/mol. The van der Waals surface area contributed by atoms with Crippen LogP contribution in [0.25, 0.3) is 22.3 Å². The van der Waals surface area contributed by atoms with E-state index in [-0.39, 0.29) is 22.5 Å². The quantitative estimate of drug-likeness (QED) is 0.399. The van der Waals surface area contributed by atoms with Crippen LogP contribution in [0.5, 0.6) is 0 Å². The Morgan fingerprint density at radius 1 is 0.500 bits per heavy atom. The summed E-state index contributed by atoms with van der Waals surface area (Å²) in [7, 11) is 0. The van der Waals surface area contributed by atoms with Crippen molar-refractivity contribution in [2.45, 2.75) is 12.4 Å². The van der Waals surface area contributed by atoms with Gasteiger partial charge < -0.3 is 11.5 Å². The molecule has 0 fully saturated rings. The highest BCUT2D eigenvalue weighted by molar-refractivity contribution is 5.76. The van der Waals surface area contributed by atoms with Crippen LogP contribution in [0.3, 0.4) is 0 Å². The van der Waals surface area contributed by atoms with Crippen molar-refractivity contribution in [2.75, 3.05) is 11.5 Å². The third kappa shape index (κ3) is 4.21. The first-order chi connectivity index (χ1) is 12.9. The molecule has 0 saturated heterocycles. The molecule has 0 aliphatic heterocycles. The fourth-order valence-electron chi connectivity index (χ4n) is 2.84. The van der Waals surface area contributed by atoms with Crippen molar-refractivity contribution in [3.63, 3.8) is 0 Å². The van der Waals surface area contributed by atoms with E-state index in [4.69, 9.17) is 11.5 Å². The zero-order chi connectivity index (χ0) is 20.7. The summed E-state index contributed by atoms with van der Waals surface area (Å²) in [4.78, 5) is 0. The minimum Gasteiger partial charge on any atom is -0.399 e. The highest BCUT2D eigenvalue weighted by atomic mass is 19.4. The number of nitrogen functional groups attached to an aromatic ring is 2. The summed E-state index contributed by atoms with van der Waals surface area (Å²) in [6, 6.07) is 12.4. The molecule has 0 bridgehead atoms. The van der Waals surface area contributed by atoms with Gasteiger partial charge in [-0.1, -0.05) is 18.2 Å². The lowest BCUT2D eigenvalue weighted by Gasteiger charge is -2.13. The van der Waals surface area contributed by atoms with Crippen LogP contribution in [0.2, 0.25) is 0 Å². The normalized spacial score (nSPS) is 12.2. The maximum atomic E-state index is 13.0.